The molecule has 0 saturated heterocycles. The summed E-state index contributed by atoms with van der Waals surface area (Å²) < 4.78 is 39.7. The van der Waals surface area contributed by atoms with Crippen LogP contribution in [0.25, 0.3) is 0 Å². The van der Waals surface area contributed by atoms with E-state index >= 15 is 0 Å². The van der Waals surface area contributed by atoms with Crippen LogP contribution in [0, 0.1) is 27.6 Å². The number of nitrogens with zero attached hydrogens (tertiary/aromatic N) is 3. The molecule has 0 bridgehead atoms. The molecule has 0 aliphatic heterocycles. The van der Waals surface area contributed by atoms with Crippen molar-refractivity contribution in [2.75, 3.05) is 10.6 Å². The Kier molecular flexibility index (Phi) is 4.65. The van der Waals surface area contributed by atoms with Gasteiger partial charge in [0.25, 0.3) is 0 Å². The van der Waals surface area contributed by atoms with E-state index < -0.39 is 28.1 Å². The van der Waals surface area contributed by atoms with Gasteiger partial charge in [0.15, 0.2) is 0 Å². The Hall–Kier alpha value is -3.69. The van der Waals surface area contributed by atoms with Gasteiger partial charge in [0.05, 0.1) is 10.6 Å². The minimum atomic E-state index is -0.939. The molecule has 0 radical (unpaired) electrons. The molecule has 1 heterocycles. The number of aromatic nitrogens is 2. The first-order valence-corrected chi connectivity index (χ1v) is 7.18. The van der Waals surface area contributed by atoms with Crippen LogP contribution in [0.5, 0.6) is 0 Å². The van der Waals surface area contributed by atoms with E-state index in [0.717, 1.165) is 18.5 Å². The van der Waals surface area contributed by atoms with Gasteiger partial charge in [0, 0.05) is 11.8 Å². The first kappa shape index (κ1) is 17.1. The molecule has 7 nitrogen and oxygen atoms in total. The summed E-state index contributed by atoms with van der Waals surface area (Å²) >= 11 is 0. The Morgan fingerprint density at radius 3 is 2.12 bits per heavy atom. The highest BCUT2D eigenvalue weighted by molar-refractivity contribution is 5.76. The van der Waals surface area contributed by atoms with Crippen molar-refractivity contribution in [1.82, 2.24) is 9.97 Å². The van der Waals surface area contributed by atoms with Gasteiger partial charge in [-0.1, -0.05) is 0 Å². The lowest BCUT2D eigenvalue weighted by atomic mass is 10.3. The standard InChI is InChI=1S/C16H10F3N5O2/c17-9-1-4-11(5-2-9)22-15-14(24(25)26)16(21-8-20-15)23-13-6-3-10(18)7-12(13)19/h1-8H,(H2,20,21,22,23). The van der Waals surface area contributed by atoms with Crippen molar-refractivity contribution in [2.24, 2.45) is 0 Å². The second kappa shape index (κ2) is 7.05. The maximum atomic E-state index is 13.8. The molecule has 132 valence electrons. The SMILES string of the molecule is O=[N+]([O-])c1c(Nc2ccc(F)cc2)ncnc1Nc1ccc(F)cc1F. The van der Waals surface area contributed by atoms with Gasteiger partial charge in [-0.05, 0) is 36.4 Å². The van der Waals surface area contributed by atoms with Crippen LogP contribution in [0.15, 0.2) is 48.8 Å². The van der Waals surface area contributed by atoms with Crippen molar-refractivity contribution in [1.29, 1.82) is 0 Å². The van der Waals surface area contributed by atoms with E-state index in [0.29, 0.717) is 11.8 Å². The highest BCUT2D eigenvalue weighted by atomic mass is 19.1. The summed E-state index contributed by atoms with van der Waals surface area (Å²) in [6, 6.07) is 7.79. The van der Waals surface area contributed by atoms with Crippen LogP contribution in [0.2, 0.25) is 0 Å². The van der Waals surface area contributed by atoms with E-state index in [4.69, 9.17) is 0 Å². The molecule has 0 aliphatic carbocycles. The third kappa shape index (κ3) is 3.69. The number of halogens is 3. The zero-order valence-electron chi connectivity index (χ0n) is 12.9. The average molecular weight is 361 g/mol. The summed E-state index contributed by atoms with van der Waals surface area (Å²) in [7, 11) is 0. The van der Waals surface area contributed by atoms with Crippen molar-refractivity contribution in [3.8, 4) is 0 Å². The summed E-state index contributed by atoms with van der Waals surface area (Å²) in [5.74, 6) is -2.67. The Bertz CT molecular complexity index is 967. The molecule has 0 amide bonds. The smallest absolute Gasteiger partial charge is 0.334 e. The second-order valence-corrected chi connectivity index (χ2v) is 5.06. The number of hydrogen-bond donors (Lipinski definition) is 2. The quantitative estimate of drug-likeness (QED) is 0.520. The minimum Gasteiger partial charge on any atom is -0.334 e. The average Bonchev–Trinajstić information content (AvgIpc) is 2.59. The highest BCUT2D eigenvalue weighted by Gasteiger charge is 2.24. The molecule has 2 aromatic carbocycles. The zero-order chi connectivity index (χ0) is 18.7. The van der Waals surface area contributed by atoms with Crippen molar-refractivity contribution >= 4 is 28.7 Å². The molecule has 0 unspecified atom stereocenters. The molecule has 2 N–H and O–H groups in total. The molecule has 0 atom stereocenters. The topological polar surface area (TPSA) is 93.0 Å². The molecular weight excluding hydrogens is 351 g/mol. The van der Waals surface area contributed by atoms with Gasteiger partial charge in [-0.2, -0.15) is 0 Å². The first-order chi connectivity index (χ1) is 12.4. The van der Waals surface area contributed by atoms with E-state index in [-0.39, 0.29) is 17.3 Å². The van der Waals surface area contributed by atoms with Gasteiger partial charge < -0.3 is 10.6 Å². The van der Waals surface area contributed by atoms with Crippen molar-refractivity contribution in [2.45, 2.75) is 0 Å². The van der Waals surface area contributed by atoms with Gasteiger partial charge in [0.2, 0.25) is 11.6 Å². The van der Waals surface area contributed by atoms with Gasteiger partial charge in [-0.3, -0.25) is 10.1 Å². The molecule has 0 aliphatic rings. The molecule has 0 saturated carbocycles. The Morgan fingerprint density at radius 1 is 0.885 bits per heavy atom. The fourth-order valence-corrected chi connectivity index (χ4v) is 2.12. The summed E-state index contributed by atoms with van der Waals surface area (Å²) in [4.78, 5) is 18.2. The van der Waals surface area contributed by atoms with Gasteiger partial charge in [-0.15, -0.1) is 0 Å². The lowest BCUT2D eigenvalue weighted by molar-refractivity contribution is -0.383. The number of nitrogens with one attached hydrogen (secondary N) is 2. The molecule has 1 aromatic heterocycles. The molecule has 0 spiro atoms. The van der Waals surface area contributed by atoms with Crippen LogP contribution in [0.3, 0.4) is 0 Å². The number of benzene rings is 2. The lowest BCUT2D eigenvalue weighted by Crippen LogP contribution is -2.06. The second-order valence-electron chi connectivity index (χ2n) is 5.06. The van der Waals surface area contributed by atoms with Gasteiger partial charge in [-0.25, -0.2) is 23.1 Å². The third-order valence-corrected chi connectivity index (χ3v) is 3.30. The summed E-state index contributed by atoms with van der Waals surface area (Å²) in [6.07, 6.45) is 1.03. The molecule has 3 rings (SSSR count). The maximum Gasteiger partial charge on any atom is 0.353 e. The molecule has 10 heteroatoms. The van der Waals surface area contributed by atoms with Crippen molar-refractivity contribution < 1.29 is 18.1 Å². The van der Waals surface area contributed by atoms with E-state index in [1.54, 1.807) is 0 Å². The molecule has 0 fully saturated rings. The van der Waals surface area contributed by atoms with Crippen LogP contribution in [0.4, 0.5) is 41.9 Å². The normalized spacial score (nSPS) is 10.4. The van der Waals surface area contributed by atoms with Gasteiger partial charge in [0.1, 0.15) is 23.8 Å². The van der Waals surface area contributed by atoms with Crippen LogP contribution in [0.1, 0.15) is 0 Å². The van der Waals surface area contributed by atoms with Crippen molar-refractivity contribution in [3.05, 3.63) is 76.4 Å². The summed E-state index contributed by atoms with van der Waals surface area (Å²) in [5, 5.41) is 16.6. The fraction of sp³-hybridized carbons (Fsp3) is 0. The lowest BCUT2D eigenvalue weighted by Gasteiger charge is -2.10. The van der Waals surface area contributed by atoms with Crippen LogP contribution in [-0.4, -0.2) is 14.9 Å². The number of rotatable bonds is 5. The van der Waals surface area contributed by atoms with E-state index in [9.17, 15) is 23.3 Å². The number of anilines is 4. The van der Waals surface area contributed by atoms with Crippen LogP contribution < -0.4 is 10.6 Å². The Balaban J connectivity index is 1.98. The van der Waals surface area contributed by atoms with Gasteiger partial charge >= 0.3 is 5.69 Å². The first-order valence-electron chi connectivity index (χ1n) is 7.18. The van der Waals surface area contributed by atoms with Crippen LogP contribution in [-0.2, 0) is 0 Å². The molecular formula is C16H10F3N5O2. The highest BCUT2D eigenvalue weighted by Crippen LogP contribution is 2.33. The summed E-state index contributed by atoms with van der Waals surface area (Å²) in [5.41, 5.74) is -0.395. The van der Waals surface area contributed by atoms with E-state index in [1.165, 1.54) is 24.3 Å². The predicted octanol–water partition coefficient (Wildman–Crippen LogP) is 4.29. The predicted molar refractivity (Wildman–Crippen MR) is 88.0 cm³/mol. The van der Waals surface area contributed by atoms with E-state index in [1.807, 2.05) is 0 Å². The van der Waals surface area contributed by atoms with Crippen LogP contribution >= 0.6 is 0 Å². The monoisotopic (exact) mass is 361 g/mol. The molecule has 26 heavy (non-hydrogen) atoms. The third-order valence-electron chi connectivity index (χ3n) is 3.30. The zero-order valence-corrected chi connectivity index (χ0v) is 12.9. The van der Waals surface area contributed by atoms with E-state index in [2.05, 4.69) is 20.6 Å². The summed E-state index contributed by atoms with van der Waals surface area (Å²) in [6.45, 7) is 0. The number of nitro groups is 1. The largest absolute Gasteiger partial charge is 0.353 e. The Labute approximate surface area is 144 Å². The maximum absolute atomic E-state index is 13.8. The number of hydrogen-bond acceptors (Lipinski definition) is 6. The molecule has 3 aromatic rings. The Morgan fingerprint density at radius 2 is 1.50 bits per heavy atom. The minimum absolute atomic E-state index is 0.179. The fourth-order valence-electron chi connectivity index (χ4n) is 2.12. The van der Waals surface area contributed by atoms with Crippen molar-refractivity contribution in [3.63, 3.8) is 0 Å².